The highest BCUT2D eigenvalue weighted by atomic mass is 14.9. The molecule has 78 valence electrons. The van der Waals surface area contributed by atoms with Gasteiger partial charge in [-0.05, 0) is 43.4 Å². The molecule has 1 aromatic rings. The molecule has 0 radical (unpaired) electrons. The van der Waals surface area contributed by atoms with Gasteiger partial charge in [0.1, 0.15) is 0 Å². The number of aromatic nitrogens is 1. The zero-order valence-electron chi connectivity index (χ0n) is 8.97. The fourth-order valence-electron chi connectivity index (χ4n) is 2.30. The Morgan fingerprint density at radius 1 is 1.43 bits per heavy atom. The van der Waals surface area contributed by atoms with E-state index in [1.165, 1.54) is 43.2 Å². The highest BCUT2D eigenvalue weighted by molar-refractivity contribution is 5.27. The topological polar surface area (TPSA) is 27.8 Å². The summed E-state index contributed by atoms with van der Waals surface area (Å²) in [4.78, 5) is 3.23. The first-order valence-electron chi connectivity index (χ1n) is 5.80. The Morgan fingerprint density at radius 3 is 3.21 bits per heavy atom. The summed E-state index contributed by atoms with van der Waals surface area (Å²) in [6.45, 7) is 3.36. The van der Waals surface area contributed by atoms with Crippen LogP contribution in [0.3, 0.4) is 0 Å². The van der Waals surface area contributed by atoms with E-state index in [1.54, 1.807) is 0 Å². The van der Waals surface area contributed by atoms with Crippen molar-refractivity contribution in [1.29, 1.82) is 0 Å². The number of H-pyrrole nitrogens is 1. The summed E-state index contributed by atoms with van der Waals surface area (Å²) in [6.07, 6.45) is 10.8. The van der Waals surface area contributed by atoms with Crippen molar-refractivity contribution in [1.82, 2.24) is 10.3 Å². The first-order chi connectivity index (χ1) is 6.92. The van der Waals surface area contributed by atoms with Crippen molar-refractivity contribution >= 4 is 0 Å². The summed E-state index contributed by atoms with van der Waals surface area (Å²) in [5.41, 5.74) is 3.03. The van der Waals surface area contributed by atoms with Gasteiger partial charge in [0.05, 0.1) is 0 Å². The molecule has 0 saturated carbocycles. The van der Waals surface area contributed by atoms with Crippen LogP contribution in [0.5, 0.6) is 0 Å². The second kappa shape index (κ2) is 4.65. The molecule has 1 aliphatic rings. The number of aromatic amines is 1. The quantitative estimate of drug-likeness (QED) is 0.708. The SMILES string of the molecule is CCCNC1CCCCc2c[nH]cc21. The zero-order chi connectivity index (χ0) is 9.80. The molecule has 1 aromatic heterocycles. The van der Waals surface area contributed by atoms with Crippen molar-refractivity contribution in [2.75, 3.05) is 6.54 Å². The highest BCUT2D eigenvalue weighted by Crippen LogP contribution is 2.28. The molecule has 1 atom stereocenters. The Bertz CT molecular complexity index is 278. The monoisotopic (exact) mass is 192 g/mol. The van der Waals surface area contributed by atoms with Crippen LogP contribution in [-0.4, -0.2) is 11.5 Å². The van der Waals surface area contributed by atoms with Crippen molar-refractivity contribution in [3.8, 4) is 0 Å². The summed E-state index contributed by atoms with van der Waals surface area (Å²) < 4.78 is 0. The number of fused-ring (bicyclic) bond motifs is 1. The Hall–Kier alpha value is -0.760. The van der Waals surface area contributed by atoms with E-state index >= 15 is 0 Å². The summed E-state index contributed by atoms with van der Waals surface area (Å²) >= 11 is 0. The van der Waals surface area contributed by atoms with Gasteiger partial charge in [0.25, 0.3) is 0 Å². The molecule has 0 fully saturated rings. The van der Waals surface area contributed by atoms with E-state index in [9.17, 15) is 0 Å². The zero-order valence-corrected chi connectivity index (χ0v) is 8.97. The van der Waals surface area contributed by atoms with Crippen LogP contribution in [0.25, 0.3) is 0 Å². The van der Waals surface area contributed by atoms with E-state index < -0.39 is 0 Å². The number of nitrogens with one attached hydrogen (secondary N) is 2. The summed E-state index contributed by atoms with van der Waals surface area (Å²) in [7, 11) is 0. The molecule has 0 aromatic carbocycles. The smallest absolute Gasteiger partial charge is 0.0337 e. The van der Waals surface area contributed by atoms with Gasteiger partial charge >= 0.3 is 0 Å². The molecule has 0 saturated heterocycles. The Balaban J connectivity index is 2.09. The summed E-state index contributed by atoms with van der Waals surface area (Å²) in [5.74, 6) is 0. The highest BCUT2D eigenvalue weighted by Gasteiger charge is 2.17. The van der Waals surface area contributed by atoms with Gasteiger partial charge in [0, 0.05) is 18.4 Å². The fraction of sp³-hybridized carbons (Fsp3) is 0.667. The lowest BCUT2D eigenvalue weighted by Gasteiger charge is -2.16. The van der Waals surface area contributed by atoms with Crippen LogP contribution in [0.15, 0.2) is 12.4 Å². The van der Waals surface area contributed by atoms with E-state index in [0.717, 1.165) is 6.54 Å². The Kier molecular flexibility index (Phi) is 3.25. The number of aryl methyl sites for hydroxylation is 1. The minimum absolute atomic E-state index is 0.596. The molecular weight excluding hydrogens is 172 g/mol. The first kappa shape index (κ1) is 9.78. The van der Waals surface area contributed by atoms with Gasteiger partial charge in [0.2, 0.25) is 0 Å². The molecule has 2 N–H and O–H groups in total. The number of rotatable bonds is 3. The predicted octanol–water partition coefficient (Wildman–Crippen LogP) is 2.78. The molecular formula is C12H20N2. The summed E-state index contributed by atoms with van der Waals surface area (Å²) in [6, 6.07) is 0.596. The third-order valence-corrected chi connectivity index (χ3v) is 3.07. The minimum atomic E-state index is 0.596. The fourth-order valence-corrected chi connectivity index (χ4v) is 2.30. The summed E-state index contributed by atoms with van der Waals surface area (Å²) in [5, 5.41) is 3.63. The molecule has 0 spiro atoms. The largest absolute Gasteiger partial charge is 0.367 e. The van der Waals surface area contributed by atoms with Gasteiger partial charge in [0.15, 0.2) is 0 Å². The van der Waals surface area contributed by atoms with E-state index in [2.05, 4.69) is 29.6 Å². The van der Waals surface area contributed by atoms with Gasteiger partial charge in [-0.3, -0.25) is 0 Å². The van der Waals surface area contributed by atoms with Crippen molar-refractivity contribution in [3.05, 3.63) is 23.5 Å². The van der Waals surface area contributed by atoms with Crippen LogP contribution < -0.4 is 5.32 Å². The van der Waals surface area contributed by atoms with Crippen molar-refractivity contribution < 1.29 is 0 Å². The van der Waals surface area contributed by atoms with Crippen LogP contribution in [-0.2, 0) is 6.42 Å². The first-order valence-corrected chi connectivity index (χ1v) is 5.80. The van der Waals surface area contributed by atoms with Crippen LogP contribution in [0.1, 0.15) is 49.8 Å². The van der Waals surface area contributed by atoms with Crippen LogP contribution in [0.2, 0.25) is 0 Å². The van der Waals surface area contributed by atoms with Crippen LogP contribution >= 0.6 is 0 Å². The normalized spacial score (nSPS) is 21.6. The van der Waals surface area contributed by atoms with E-state index in [0.29, 0.717) is 6.04 Å². The van der Waals surface area contributed by atoms with Crippen molar-refractivity contribution in [2.45, 2.75) is 45.1 Å². The van der Waals surface area contributed by atoms with Gasteiger partial charge < -0.3 is 10.3 Å². The molecule has 1 unspecified atom stereocenters. The second-order valence-corrected chi connectivity index (χ2v) is 4.19. The van der Waals surface area contributed by atoms with E-state index in [4.69, 9.17) is 0 Å². The van der Waals surface area contributed by atoms with Gasteiger partial charge in [-0.15, -0.1) is 0 Å². The minimum Gasteiger partial charge on any atom is -0.367 e. The van der Waals surface area contributed by atoms with Gasteiger partial charge in [-0.25, -0.2) is 0 Å². The third kappa shape index (κ3) is 2.01. The standard InChI is InChI=1S/C12H20N2/c1-2-7-14-12-6-4-3-5-10-8-13-9-11(10)12/h8-9,12-14H,2-7H2,1H3. The number of hydrogen-bond acceptors (Lipinski definition) is 1. The molecule has 2 nitrogen and oxygen atoms in total. The van der Waals surface area contributed by atoms with Gasteiger partial charge in [-0.1, -0.05) is 13.3 Å². The average Bonchev–Trinajstić information content (AvgIpc) is 2.58. The van der Waals surface area contributed by atoms with E-state index in [1.807, 2.05) is 0 Å². The van der Waals surface area contributed by atoms with Crippen LogP contribution in [0.4, 0.5) is 0 Å². The third-order valence-electron chi connectivity index (χ3n) is 3.07. The van der Waals surface area contributed by atoms with Crippen LogP contribution in [0, 0.1) is 0 Å². The second-order valence-electron chi connectivity index (χ2n) is 4.19. The Labute approximate surface area is 86.1 Å². The average molecular weight is 192 g/mol. The maximum atomic E-state index is 3.63. The molecule has 1 aliphatic carbocycles. The van der Waals surface area contributed by atoms with E-state index in [-0.39, 0.29) is 0 Å². The maximum Gasteiger partial charge on any atom is 0.0337 e. The predicted molar refractivity (Wildman–Crippen MR) is 59.4 cm³/mol. The molecule has 0 bridgehead atoms. The molecule has 2 rings (SSSR count). The Morgan fingerprint density at radius 2 is 2.36 bits per heavy atom. The molecule has 1 heterocycles. The lowest BCUT2D eigenvalue weighted by Crippen LogP contribution is -2.21. The molecule has 2 heteroatoms. The van der Waals surface area contributed by atoms with Crippen molar-refractivity contribution in [2.24, 2.45) is 0 Å². The lowest BCUT2D eigenvalue weighted by atomic mass is 10.0. The molecule has 0 aliphatic heterocycles. The van der Waals surface area contributed by atoms with Gasteiger partial charge in [-0.2, -0.15) is 0 Å². The lowest BCUT2D eigenvalue weighted by molar-refractivity contribution is 0.489. The number of hydrogen-bond donors (Lipinski definition) is 2. The molecule has 0 amide bonds. The molecule has 14 heavy (non-hydrogen) atoms. The van der Waals surface area contributed by atoms with Crippen molar-refractivity contribution in [3.63, 3.8) is 0 Å². The maximum absolute atomic E-state index is 3.63.